The molecule has 76 valence electrons. The van der Waals surface area contributed by atoms with Crippen LogP contribution in [0.1, 0.15) is 32.6 Å². The molecule has 1 heterocycles. The van der Waals surface area contributed by atoms with Crippen LogP contribution in [0.4, 0.5) is 0 Å². The van der Waals surface area contributed by atoms with E-state index < -0.39 is 0 Å². The van der Waals surface area contributed by atoms with Gasteiger partial charge in [0.2, 0.25) is 0 Å². The first-order valence-electron chi connectivity index (χ1n) is 5.66. The van der Waals surface area contributed by atoms with Gasteiger partial charge in [0.25, 0.3) is 0 Å². The Labute approximate surface area is 80.9 Å². The monoisotopic (exact) mass is 183 g/mol. The van der Waals surface area contributed by atoms with Crippen LogP contribution in [0.3, 0.4) is 0 Å². The van der Waals surface area contributed by atoms with Gasteiger partial charge in [-0.3, -0.25) is 4.90 Å². The van der Waals surface area contributed by atoms with Crippen LogP contribution >= 0.6 is 0 Å². The summed E-state index contributed by atoms with van der Waals surface area (Å²) in [6.07, 6.45) is 5.65. The third kappa shape index (κ3) is 2.23. The third-order valence-corrected chi connectivity index (χ3v) is 3.72. The average Bonchev–Trinajstić information content (AvgIpc) is 2.06. The smallest absolute Gasteiger partial charge is 0.0793 e. The second-order valence-electron chi connectivity index (χ2n) is 4.89. The fourth-order valence-corrected chi connectivity index (χ4v) is 2.69. The van der Waals surface area contributed by atoms with E-state index in [2.05, 4.69) is 11.8 Å². The number of nitrogens with zero attached hydrogens (tertiary/aromatic N) is 1. The van der Waals surface area contributed by atoms with E-state index in [0.717, 1.165) is 24.9 Å². The van der Waals surface area contributed by atoms with E-state index in [9.17, 15) is 5.11 Å². The van der Waals surface area contributed by atoms with Crippen LogP contribution in [0.25, 0.3) is 0 Å². The van der Waals surface area contributed by atoms with Gasteiger partial charge < -0.3 is 5.11 Å². The highest BCUT2D eigenvalue weighted by Gasteiger charge is 2.29. The Bertz CT molecular complexity index is 165. The summed E-state index contributed by atoms with van der Waals surface area (Å²) in [5.74, 6) is 1.81. The summed E-state index contributed by atoms with van der Waals surface area (Å²) in [6, 6.07) is 0. The number of aliphatic hydroxyl groups is 1. The van der Waals surface area contributed by atoms with Gasteiger partial charge in [-0.05, 0) is 18.3 Å². The number of likely N-dealkylation sites (tertiary alicyclic amines) is 1. The highest BCUT2D eigenvalue weighted by Crippen LogP contribution is 2.30. The van der Waals surface area contributed by atoms with Gasteiger partial charge in [-0.2, -0.15) is 0 Å². The minimum atomic E-state index is -0.0288. The molecule has 2 heteroatoms. The lowest BCUT2D eigenvalue weighted by Crippen LogP contribution is -2.52. The Kier molecular flexibility index (Phi) is 2.89. The zero-order chi connectivity index (χ0) is 9.26. The maximum Gasteiger partial charge on any atom is 0.0793 e. The second-order valence-corrected chi connectivity index (χ2v) is 4.89. The highest BCUT2D eigenvalue weighted by molar-refractivity contribution is 4.83. The molecular weight excluding hydrogens is 162 g/mol. The van der Waals surface area contributed by atoms with Gasteiger partial charge in [0, 0.05) is 19.6 Å². The molecule has 1 aliphatic carbocycles. The number of hydrogen-bond donors (Lipinski definition) is 1. The highest BCUT2D eigenvalue weighted by atomic mass is 16.3. The molecule has 2 rings (SSSR count). The van der Waals surface area contributed by atoms with E-state index in [1.54, 1.807) is 0 Å². The van der Waals surface area contributed by atoms with Crippen molar-refractivity contribution in [1.82, 2.24) is 4.90 Å². The fraction of sp³-hybridized carbons (Fsp3) is 1.00. The number of aliphatic hydroxyl groups excluding tert-OH is 1. The first-order valence-corrected chi connectivity index (χ1v) is 5.66. The van der Waals surface area contributed by atoms with Crippen molar-refractivity contribution in [3.05, 3.63) is 0 Å². The van der Waals surface area contributed by atoms with Crippen LogP contribution in [-0.2, 0) is 0 Å². The molecule has 1 aliphatic heterocycles. The normalized spacial score (nSPS) is 37.4. The maximum absolute atomic E-state index is 9.17. The SMILES string of the molecule is CC1CCCCC1CN1CC(O)C1. The van der Waals surface area contributed by atoms with Crippen LogP contribution < -0.4 is 0 Å². The van der Waals surface area contributed by atoms with Crippen LogP contribution in [0.15, 0.2) is 0 Å². The average molecular weight is 183 g/mol. The molecule has 2 unspecified atom stereocenters. The summed E-state index contributed by atoms with van der Waals surface area (Å²) in [6.45, 7) is 5.46. The lowest BCUT2D eigenvalue weighted by molar-refractivity contribution is -0.0147. The first-order chi connectivity index (χ1) is 6.25. The van der Waals surface area contributed by atoms with E-state index in [1.165, 1.54) is 32.2 Å². The van der Waals surface area contributed by atoms with Gasteiger partial charge in [-0.25, -0.2) is 0 Å². The van der Waals surface area contributed by atoms with Crippen molar-refractivity contribution in [2.75, 3.05) is 19.6 Å². The topological polar surface area (TPSA) is 23.5 Å². The third-order valence-electron chi connectivity index (χ3n) is 3.72. The Morgan fingerprint density at radius 3 is 2.54 bits per heavy atom. The Hall–Kier alpha value is -0.0800. The molecule has 1 N–H and O–H groups in total. The van der Waals surface area contributed by atoms with Crippen molar-refractivity contribution in [2.24, 2.45) is 11.8 Å². The van der Waals surface area contributed by atoms with E-state index >= 15 is 0 Å². The van der Waals surface area contributed by atoms with Crippen molar-refractivity contribution >= 4 is 0 Å². The molecule has 13 heavy (non-hydrogen) atoms. The van der Waals surface area contributed by atoms with E-state index in [1.807, 2.05) is 0 Å². The molecule has 0 aromatic carbocycles. The first kappa shape index (κ1) is 9.47. The largest absolute Gasteiger partial charge is 0.390 e. The zero-order valence-corrected chi connectivity index (χ0v) is 8.58. The Morgan fingerprint density at radius 1 is 1.23 bits per heavy atom. The van der Waals surface area contributed by atoms with Crippen LogP contribution in [0, 0.1) is 11.8 Å². The minimum absolute atomic E-state index is 0.0288. The van der Waals surface area contributed by atoms with Crippen LogP contribution in [-0.4, -0.2) is 35.7 Å². The number of rotatable bonds is 2. The summed E-state index contributed by atoms with van der Waals surface area (Å²) < 4.78 is 0. The Morgan fingerprint density at radius 2 is 1.92 bits per heavy atom. The summed E-state index contributed by atoms with van der Waals surface area (Å²) in [4.78, 5) is 2.40. The minimum Gasteiger partial charge on any atom is -0.390 e. The molecule has 0 bridgehead atoms. The van der Waals surface area contributed by atoms with E-state index in [0.29, 0.717) is 0 Å². The van der Waals surface area contributed by atoms with Gasteiger partial charge in [0.15, 0.2) is 0 Å². The molecule has 2 aliphatic rings. The standard InChI is InChI=1S/C11H21NO/c1-9-4-2-3-5-10(9)6-12-7-11(13)8-12/h9-11,13H,2-8H2,1H3. The van der Waals surface area contributed by atoms with Gasteiger partial charge in [-0.1, -0.05) is 26.2 Å². The molecule has 1 saturated carbocycles. The predicted molar refractivity (Wildman–Crippen MR) is 53.6 cm³/mol. The summed E-state index contributed by atoms with van der Waals surface area (Å²) >= 11 is 0. The van der Waals surface area contributed by atoms with Gasteiger partial charge in [0.1, 0.15) is 0 Å². The second kappa shape index (κ2) is 3.97. The summed E-state index contributed by atoms with van der Waals surface area (Å²) in [7, 11) is 0. The van der Waals surface area contributed by atoms with Crippen molar-refractivity contribution in [3.8, 4) is 0 Å². The molecule has 1 saturated heterocycles. The molecule has 2 atom stereocenters. The maximum atomic E-state index is 9.17. The van der Waals surface area contributed by atoms with Crippen molar-refractivity contribution in [1.29, 1.82) is 0 Å². The molecular formula is C11H21NO. The quantitative estimate of drug-likeness (QED) is 0.701. The van der Waals surface area contributed by atoms with Crippen molar-refractivity contribution in [2.45, 2.75) is 38.7 Å². The molecule has 0 aromatic rings. The van der Waals surface area contributed by atoms with E-state index in [4.69, 9.17) is 0 Å². The molecule has 2 nitrogen and oxygen atoms in total. The van der Waals surface area contributed by atoms with Crippen molar-refractivity contribution in [3.63, 3.8) is 0 Å². The molecule has 0 radical (unpaired) electrons. The predicted octanol–water partition coefficient (Wildman–Crippen LogP) is 1.49. The molecule has 2 fully saturated rings. The lowest BCUT2D eigenvalue weighted by atomic mass is 9.80. The molecule has 0 amide bonds. The molecule has 0 spiro atoms. The van der Waals surface area contributed by atoms with Crippen LogP contribution in [0.5, 0.6) is 0 Å². The summed E-state index contributed by atoms with van der Waals surface area (Å²) in [5, 5.41) is 9.17. The zero-order valence-electron chi connectivity index (χ0n) is 8.58. The van der Waals surface area contributed by atoms with Crippen LogP contribution in [0.2, 0.25) is 0 Å². The lowest BCUT2D eigenvalue weighted by Gasteiger charge is -2.40. The van der Waals surface area contributed by atoms with E-state index in [-0.39, 0.29) is 6.10 Å². The Balaban J connectivity index is 1.73. The molecule has 0 aromatic heterocycles. The van der Waals surface area contributed by atoms with Crippen molar-refractivity contribution < 1.29 is 5.11 Å². The van der Waals surface area contributed by atoms with Gasteiger partial charge in [0.05, 0.1) is 6.10 Å². The van der Waals surface area contributed by atoms with Gasteiger partial charge >= 0.3 is 0 Å². The number of β-amino-alcohol motifs (C(OH)–C–C–N with tert-alkyl or cyclic N) is 1. The van der Waals surface area contributed by atoms with Gasteiger partial charge in [-0.15, -0.1) is 0 Å². The summed E-state index contributed by atoms with van der Waals surface area (Å²) in [5.41, 5.74) is 0. The number of hydrogen-bond acceptors (Lipinski definition) is 2. The fourth-order valence-electron chi connectivity index (χ4n) is 2.69.